The Morgan fingerprint density at radius 1 is 1.12 bits per heavy atom. The normalized spacial score (nSPS) is 10.6. The van der Waals surface area contributed by atoms with E-state index in [2.05, 4.69) is 38.2 Å². The van der Waals surface area contributed by atoms with Crippen molar-refractivity contribution in [2.75, 3.05) is 26.3 Å². The standard InChI is InChI=1S/C14H23NO2/c1-11-9-12(2)14(13(3)10-11)17-8-4-5-15-6-7-16/h9-10,15-16H,4-8H2,1-3H3. The summed E-state index contributed by atoms with van der Waals surface area (Å²) in [4.78, 5) is 0. The van der Waals surface area contributed by atoms with Crippen LogP contribution in [-0.4, -0.2) is 31.4 Å². The molecule has 0 aliphatic heterocycles. The molecule has 0 heterocycles. The van der Waals surface area contributed by atoms with Gasteiger partial charge in [-0.25, -0.2) is 0 Å². The second-order valence-electron chi connectivity index (χ2n) is 4.40. The number of aliphatic hydroxyl groups excluding tert-OH is 1. The summed E-state index contributed by atoms with van der Waals surface area (Å²) in [6.07, 6.45) is 0.951. The van der Waals surface area contributed by atoms with E-state index >= 15 is 0 Å². The van der Waals surface area contributed by atoms with Crippen LogP contribution >= 0.6 is 0 Å². The van der Waals surface area contributed by atoms with Gasteiger partial charge in [-0.15, -0.1) is 0 Å². The number of hydrogen-bond donors (Lipinski definition) is 2. The van der Waals surface area contributed by atoms with E-state index in [1.165, 1.54) is 16.7 Å². The Hall–Kier alpha value is -1.06. The van der Waals surface area contributed by atoms with Crippen LogP contribution in [0.2, 0.25) is 0 Å². The molecule has 0 aliphatic carbocycles. The van der Waals surface area contributed by atoms with Crippen molar-refractivity contribution >= 4 is 0 Å². The summed E-state index contributed by atoms with van der Waals surface area (Å²) >= 11 is 0. The Balaban J connectivity index is 2.36. The predicted molar refractivity (Wildman–Crippen MR) is 70.7 cm³/mol. The van der Waals surface area contributed by atoms with Gasteiger partial charge in [-0.05, 0) is 44.9 Å². The van der Waals surface area contributed by atoms with Crippen LogP contribution in [0.4, 0.5) is 0 Å². The molecular weight excluding hydrogens is 214 g/mol. The average molecular weight is 237 g/mol. The molecule has 0 saturated carbocycles. The smallest absolute Gasteiger partial charge is 0.125 e. The maximum atomic E-state index is 8.61. The minimum atomic E-state index is 0.192. The lowest BCUT2D eigenvalue weighted by Gasteiger charge is -2.13. The van der Waals surface area contributed by atoms with Crippen molar-refractivity contribution < 1.29 is 9.84 Å². The fourth-order valence-corrected chi connectivity index (χ4v) is 1.97. The molecule has 0 atom stereocenters. The Kier molecular flexibility index (Phi) is 6.01. The number of nitrogens with one attached hydrogen (secondary N) is 1. The van der Waals surface area contributed by atoms with Crippen molar-refractivity contribution in [2.45, 2.75) is 27.2 Å². The molecular formula is C14H23NO2. The maximum absolute atomic E-state index is 8.61. The van der Waals surface area contributed by atoms with Crippen LogP contribution in [0.3, 0.4) is 0 Å². The highest BCUT2D eigenvalue weighted by Gasteiger charge is 2.04. The Morgan fingerprint density at radius 2 is 1.76 bits per heavy atom. The average Bonchev–Trinajstić information content (AvgIpc) is 2.26. The van der Waals surface area contributed by atoms with Crippen LogP contribution in [0.15, 0.2) is 12.1 Å². The highest BCUT2D eigenvalue weighted by molar-refractivity contribution is 5.42. The second kappa shape index (κ2) is 7.30. The lowest BCUT2D eigenvalue weighted by Crippen LogP contribution is -2.21. The number of hydrogen-bond acceptors (Lipinski definition) is 3. The second-order valence-corrected chi connectivity index (χ2v) is 4.40. The number of ether oxygens (including phenoxy) is 1. The molecule has 0 fully saturated rings. The van der Waals surface area contributed by atoms with Crippen LogP contribution in [0.25, 0.3) is 0 Å². The third-order valence-electron chi connectivity index (χ3n) is 2.64. The van der Waals surface area contributed by atoms with Crippen LogP contribution in [0.1, 0.15) is 23.1 Å². The van der Waals surface area contributed by atoms with E-state index in [1.54, 1.807) is 0 Å². The van der Waals surface area contributed by atoms with Crippen molar-refractivity contribution in [3.8, 4) is 5.75 Å². The SMILES string of the molecule is Cc1cc(C)c(OCCCNCCO)c(C)c1. The molecule has 0 bridgehead atoms. The molecule has 0 saturated heterocycles. The molecule has 1 aromatic carbocycles. The van der Waals surface area contributed by atoms with Crippen LogP contribution in [-0.2, 0) is 0 Å². The van der Waals surface area contributed by atoms with Gasteiger partial charge < -0.3 is 15.2 Å². The third kappa shape index (κ3) is 4.75. The Labute approximate surface area is 104 Å². The number of rotatable bonds is 7. The molecule has 0 radical (unpaired) electrons. The molecule has 3 nitrogen and oxygen atoms in total. The van der Waals surface area contributed by atoms with Gasteiger partial charge in [0, 0.05) is 6.54 Å². The Morgan fingerprint density at radius 3 is 2.35 bits per heavy atom. The van der Waals surface area contributed by atoms with E-state index in [1.807, 2.05) is 0 Å². The summed E-state index contributed by atoms with van der Waals surface area (Å²) in [5.74, 6) is 1.01. The summed E-state index contributed by atoms with van der Waals surface area (Å²) in [6, 6.07) is 4.29. The zero-order chi connectivity index (χ0) is 12.7. The zero-order valence-corrected chi connectivity index (χ0v) is 11.0. The van der Waals surface area contributed by atoms with E-state index in [4.69, 9.17) is 9.84 Å². The van der Waals surface area contributed by atoms with Gasteiger partial charge >= 0.3 is 0 Å². The summed E-state index contributed by atoms with van der Waals surface area (Å²) in [7, 11) is 0. The molecule has 1 aromatic rings. The fourth-order valence-electron chi connectivity index (χ4n) is 1.97. The number of aliphatic hydroxyl groups is 1. The molecule has 0 unspecified atom stereocenters. The lowest BCUT2D eigenvalue weighted by atomic mass is 10.1. The summed E-state index contributed by atoms with van der Waals surface area (Å²) in [5, 5.41) is 11.7. The molecule has 2 N–H and O–H groups in total. The minimum Gasteiger partial charge on any atom is -0.493 e. The molecule has 96 valence electrons. The molecule has 0 aromatic heterocycles. The minimum absolute atomic E-state index is 0.192. The number of aryl methyl sites for hydroxylation is 3. The van der Waals surface area contributed by atoms with Crippen LogP contribution in [0.5, 0.6) is 5.75 Å². The van der Waals surface area contributed by atoms with Gasteiger partial charge in [-0.3, -0.25) is 0 Å². The summed E-state index contributed by atoms with van der Waals surface area (Å²) in [6.45, 7) is 8.70. The van der Waals surface area contributed by atoms with Crippen LogP contribution in [0, 0.1) is 20.8 Å². The van der Waals surface area contributed by atoms with E-state index in [-0.39, 0.29) is 6.61 Å². The maximum Gasteiger partial charge on any atom is 0.125 e. The monoisotopic (exact) mass is 237 g/mol. The Bertz CT molecular complexity index is 327. The van der Waals surface area contributed by atoms with Gasteiger partial charge in [0.05, 0.1) is 13.2 Å². The van der Waals surface area contributed by atoms with Gasteiger partial charge in [0.25, 0.3) is 0 Å². The largest absolute Gasteiger partial charge is 0.493 e. The first-order chi connectivity index (χ1) is 8.15. The van der Waals surface area contributed by atoms with Gasteiger partial charge in [0.15, 0.2) is 0 Å². The van der Waals surface area contributed by atoms with Crippen molar-refractivity contribution in [2.24, 2.45) is 0 Å². The molecule has 0 amide bonds. The van der Waals surface area contributed by atoms with E-state index in [0.717, 1.165) is 18.7 Å². The van der Waals surface area contributed by atoms with Crippen molar-refractivity contribution in [1.29, 1.82) is 0 Å². The van der Waals surface area contributed by atoms with E-state index in [9.17, 15) is 0 Å². The van der Waals surface area contributed by atoms with E-state index in [0.29, 0.717) is 13.2 Å². The van der Waals surface area contributed by atoms with E-state index < -0.39 is 0 Å². The summed E-state index contributed by atoms with van der Waals surface area (Å²) in [5.41, 5.74) is 3.67. The molecule has 3 heteroatoms. The molecule has 17 heavy (non-hydrogen) atoms. The van der Waals surface area contributed by atoms with Gasteiger partial charge in [0.1, 0.15) is 5.75 Å². The lowest BCUT2D eigenvalue weighted by molar-refractivity contribution is 0.281. The predicted octanol–water partition coefficient (Wildman–Crippen LogP) is 1.96. The molecule has 1 rings (SSSR count). The topological polar surface area (TPSA) is 41.5 Å². The first kappa shape index (κ1) is 14.0. The highest BCUT2D eigenvalue weighted by Crippen LogP contribution is 2.24. The summed E-state index contributed by atoms with van der Waals surface area (Å²) < 4.78 is 5.80. The molecule has 0 aliphatic rings. The first-order valence-electron chi connectivity index (χ1n) is 6.17. The number of benzene rings is 1. The van der Waals surface area contributed by atoms with Crippen LogP contribution < -0.4 is 10.1 Å². The van der Waals surface area contributed by atoms with Crippen molar-refractivity contribution in [1.82, 2.24) is 5.32 Å². The van der Waals surface area contributed by atoms with Crippen molar-refractivity contribution in [3.63, 3.8) is 0 Å². The van der Waals surface area contributed by atoms with Gasteiger partial charge in [0.2, 0.25) is 0 Å². The first-order valence-corrected chi connectivity index (χ1v) is 6.17. The quantitative estimate of drug-likeness (QED) is 0.712. The third-order valence-corrected chi connectivity index (χ3v) is 2.64. The van der Waals surface area contributed by atoms with Gasteiger partial charge in [-0.2, -0.15) is 0 Å². The fraction of sp³-hybridized carbons (Fsp3) is 0.571. The highest BCUT2D eigenvalue weighted by atomic mass is 16.5. The van der Waals surface area contributed by atoms with Crippen molar-refractivity contribution in [3.05, 3.63) is 28.8 Å². The zero-order valence-electron chi connectivity index (χ0n) is 11.0. The molecule has 0 spiro atoms. The van der Waals surface area contributed by atoms with Gasteiger partial charge in [-0.1, -0.05) is 17.7 Å².